The molecule has 0 aliphatic carbocycles. The molecule has 5 nitrogen and oxygen atoms in total. The summed E-state index contributed by atoms with van der Waals surface area (Å²) >= 11 is 8.53. The molecule has 0 aromatic carbocycles. The predicted molar refractivity (Wildman–Crippen MR) is 138 cm³/mol. The molecule has 0 amide bonds. The number of hydrogen-bond acceptors (Lipinski definition) is 9. The van der Waals surface area contributed by atoms with E-state index in [2.05, 4.69) is 62.6 Å². The van der Waals surface area contributed by atoms with E-state index in [0.717, 1.165) is 58.8 Å². The minimum absolute atomic E-state index is 0.643. The van der Waals surface area contributed by atoms with Crippen molar-refractivity contribution in [1.29, 1.82) is 0 Å². The summed E-state index contributed by atoms with van der Waals surface area (Å²) in [6, 6.07) is 0.643. The first kappa shape index (κ1) is 27.2. The lowest BCUT2D eigenvalue weighted by Crippen LogP contribution is -2.45. The standard InChI is InChI=1S/C19H43N5S4/c20-3-7-22-5-1-6-23-8-10-24(9-4-21)19-17-27-15-13-25-11-2-12-26-14-16-28-18-19/h19,22-23H,1-18,20-21H2. The zero-order valence-corrected chi connectivity index (χ0v) is 20.8. The van der Waals surface area contributed by atoms with Gasteiger partial charge in [-0.1, -0.05) is 0 Å². The highest BCUT2D eigenvalue weighted by Gasteiger charge is 2.18. The van der Waals surface area contributed by atoms with E-state index >= 15 is 0 Å². The molecule has 6 N–H and O–H groups in total. The number of nitrogens with zero attached hydrogens (tertiary/aromatic N) is 1. The van der Waals surface area contributed by atoms with Crippen molar-refractivity contribution in [3.05, 3.63) is 0 Å². The van der Waals surface area contributed by atoms with Gasteiger partial charge in [-0.15, -0.1) is 0 Å². The molecule has 0 aromatic heterocycles. The van der Waals surface area contributed by atoms with Gasteiger partial charge in [-0.25, -0.2) is 0 Å². The maximum Gasteiger partial charge on any atom is 0.0278 e. The van der Waals surface area contributed by atoms with E-state index in [0.29, 0.717) is 6.04 Å². The number of hydrogen-bond donors (Lipinski definition) is 4. The Bertz CT molecular complexity index is 315. The molecule has 0 spiro atoms. The van der Waals surface area contributed by atoms with E-state index in [1.807, 2.05) is 0 Å². The van der Waals surface area contributed by atoms with Gasteiger partial charge in [0.1, 0.15) is 0 Å². The second-order valence-electron chi connectivity index (χ2n) is 6.85. The van der Waals surface area contributed by atoms with Gasteiger partial charge in [-0.05, 0) is 37.4 Å². The first-order valence-electron chi connectivity index (χ1n) is 10.7. The van der Waals surface area contributed by atoms with Crippen LogP contribution in [0.15, 0.2) is 0 Å². The predicted octanol–water partition coefficient (Wildman–Crippen LogP) is 1.48. The second kappa shape index (κ2) is 21.4. The lowest BCUT2D eigenvalue weighted by Gasteiger charge is -2.31. The van der Waals surface area contributed by atoms with Crippen LogP contribution >= 0.6 is 47.0 Å². The van der Waals surface area contributed by atoms with Crippen molar-refractivity contribution in [3.8, 4) is 0 Å². The van der Waals surface area contributed by atoms with Gasteiger partial charge in [-0.2, -0.15) is 47.0 Å². The molecule has 168 valence electrons. The highest BCUT2D eigenvalue weighted by Crippen LogP contribution is 2.19. The van der Waals surface area contributed by atoms with Crippen molar-refractivity contribution in [3.63, 3.8) is 0 Å². The van der Waals surface area contributed by atoms with Crippen molar-refractivity contribution in [2.45, 2.75) is 18.9 Å². The lowest BCUT2D eigenvalue weighted by atomic mass is 10.3. The molecule has 0 unspecified atom stereocenters. The highest BCUT2D eigenvalue weighted by atomic mass is 32.2. The number of thioether (sulfide) groups is 4. The Kier molecular flexibility index (Phi) is 20.8. The average molecular weight is 470 g/mol. The molecule has 1 rings (SSSR count). The van der Waals surface area contributed by atoms with E-state index in [4.69, 9.17) is 11.5 Å². The van der Waals surface area contributed by atoms with Crippen LogP contribution in [0, 0.1) is 0 Å². The zero-order chi connectivity index (χ0) is 20.1. The monoisotopic (exact) mass is 469 g/mol. The van der Waals surface area contributed by atoms with Crippen LogP contribution in [0.1, 0.15) is 12.8 Å². The van der Waals surface area contributed by atoms with Crippen molar-refractivity contribution >= 4 is 47.0 Å². The summed E-state index contributed by atoms with van der Waals surface area (Å²) in [7, 11) is 0. The molecule has 0 aromatic rings. The zero-order valence-electron chi connectivity index (χ0n) is 17.5. The molecule has 0 radical (unpaired) electrons. The molecule has 28 heavy (non-hydrogen) atoms. The Morgan fingerprint density at radius 1 is 0.679 bits per heavy atom. The van der Waals surface area contributed by atoms with Gasteiger partial charge in [0, 0.05) is 79.8 Å². The first-order chi connectivity index (χ1) is 13.9. The molecule has 1 saturated heterocycles. The molecule has 1 aliphatic rings. The fraction of sp³-hybridized carbons (Fsp3) is 1.00. The van der Waals surface area contributed by atoms with Gasteiger partial charge in [0.15, 0.2) is 0 Å². The average Bonchev–Trinajstić information content (AvgIpc) is 2.71. The fourth-order valence-corrected chi connectivity index (χ4v) is 7.81. The van der Waals surface area contributed by atoms with Crippen molar-refractivity contribution in [2.75, 3.05) is 98.4 Å². The van der Waals surface area contributed by atoms with Gasteiger partial charge in [-0.3, -0.25) is 4.90 Å². The van der Waals surface area contributed by atoms with E-state index in [1.165, 1.54) is 52.4 Å². The minimum Gasteiger partial charge on any atom is -0.329 e. The molecular formula is C19H43N5S4. The molecule has 0 bridgehead atoms. The Hall–Kier alpha value is 1.20. The Morgan fingerprint density at radius 2 is 1.29 bits per heavy atom. The van der Waals surface area contributed by atoms with Crippen LogP contribution in [0.25, 0.3) is 0 Å². The SMILES string of the molecule is NCCNCCCNCCN(CCN)C1CSCCSCCCSCCSC1. The molecule has 1 fully saturated rings. The Morgan fingerprint density at radius 3 is 1.89 bits per heavy atom. The Labute approximate surface area is 190 Å². The summed E-state index contributed by atoms with van der Waals surface area (Å²) in [5, 5.41) is 6.95. The molecule has 0 saturated carbocycles. The van der Waals surface area contributed by atoms with Crippen molar-refractivity contribution < 1.29 is 0 Å². The molecule has 0 atom stereocenters. The molecular weight excluding hydrogens is 427 g/mol. The third kappa shape index (κ3) is 16.0. The number of rotatable bonds is 12. The van der Waals surface area contributed by atoms with E-state index < -0.39 is 0 Å². The molecule has 1 aliphatic heterocycles. The van der Waals surface area contributed by atoms with Crippen LogP contribution in [0.4, 0.5) is 0 Å². The van der Waals surface area contributed by atoms with Crippen molar-refractivity contribution in [2.24, 2.45) is 11.5 Å². The van der Waals surface area contributed by atoms with Gasteiger partial charge < -0.3 is 22.1 Å². The summed E-state index contributed by atoms with van der Waals surface area (Å²) in [5.41, 5.74) is 11.4. The van der Waals surface area contributed by atoms with Crippen molar-refractivity contribution in [1.82, 2.24) is 15.5 Å². The third-order valence-electron chi connectivity index (χ3n) is 4.48. The molecule has 9 heteroatoms. The van der Waals surface area contributed by atoms with Gasteiger partial charge in [0.2, 0.25) is 0 Å². The number of nitrogens with one attached hydrogen (secondary N) is 2. The van der Waals surface area contributed by atoms with Crippen LogP contribution in [0.5, 0.6) is 0 Å². The number of nitrogens with two attached hydrogens (primary N) is 2. The van der Waals surface area contributed by atoms with E-state index in [-0.39, 0.29) is 0 Å². The normalized spacial score (nSPS) is 19.0. The quantitative estimate of drug-likeness (QED) is 0.318. The maximum absolute atomic E-state index is 5.94. The summed E-state index contributed by atoms with van der Waals surface area (Å²) in [6.45, 7) is 7.65. The second-order valence-corrected chi connectivity index (χ2v) is 11.6. The highest BCUT2D eigenvalue weighted by molar-refractivity contribution is 8.04. The van der Waals surface area contributed by atoms with Crippen LogP contribution in [-0.4, -0.2) is 109 Å². The fourth-order valence-electron chi connectivity index (χ4n) is 2.96. The summed E-state index contributed by atoms with van der Waals surface area (Å²) in [5.74, 6) is 10.3. The first-order valence-corrected chi connectivity index (χ1v) is 15.4. The smallest absolute Gasteiger partial charge is 0.0278 e. The van der Waals surface area contributed by atoms with Gasteiger partial charge in [0.05, 0.1) is 0 Å². The van der Waals surface area contributed by atoms with Gasteiger partial charge >= 0.3 is 0 Å². The summed E-state index contributed by atoms with van der Waals surface area (Å²) in [6.07, 6.45) is 2.52. The van der Waals surface area contributed by atoms with Crippen LogP contribution < -0.4 is 22.1 Å². The minimum atomic E-state index is 0.643. The largest absolute Gasteiger partial charge is 0.329 e. The Balaban J connectivity index is 2.32. The van der Waals surface area contributed by atoms with E-state index in [1.54, 1.807) is 0 Å². The summed E-state index contributed by atoms with van der Waals surface area (Å²) in [4.78, 5) is 2.63. The molecule has 1 heterocycles. The lowest BCUT2D eigenvalue weighted by molar-refractivity contribution is 0.235. The third-order valence-corrected chi connectivity index (χ3v) is 9.36. The van der Waals surface area contributed by atoms with Crippen LogP contribution in [-0.2, 0) is 0 Å². The van der Waals surface area contributed by atoms with E-state index in [9.17, 15) is 0 Å². The summed E-state index contributed by atoms with van der Waals surface area (Å²) < 4.78 is 0. The topological polar surface area (TPSA) is 79.3 Å². The maximum atomic E-state index is 5.94. The van der Waals surface area contributed by atoms with Crippen LogP contribution in [0.3, 0.4) is 0 Å². The van der Waals surface area contributed by atoms with Gasteiger partial charge in [0.25, 0.3) is 0 Å². The van der Waals surface area contributed by atoms with Crippen LogP contribution in [0.2, 0.25) is 0 Å².